The van der Waals surface area contributed by atoms with Crippen molar-refractivity contribution in [1.82, 2.24) is 9.97 Å². The maximum Gasteiger partial charge on any atom is 0.162 e. The molecule has 1 N–H and O–H groups in total. The molecule has 1 heterocycles. The number of fused-ring (bicyclic) bond motifs is 1. The van der Waals surface area contributed by atoms with Gasteiger partial charge in [0.25, 0.3) is 0 Å². The molecular formula is C30H27N3O. The largest absolute Gasteiger partial charge is 0.457 e. The summed E-state index contributed by atoms with van der Waals surface area (Å²) in [5.41, 5.74) is 3.23. The van der Waals surface area contributed by atoms with E-state index >= 15 is 0 Å². The Morgan fingerprint density at radius 1 is 0.706 bits per heavy atom. The van der Waals surface area contributed by atoms with Gasteiger partial charge in [-0.3, -0.25) is 0 Å². The molecule has 0 unspecified atom stereocenters. The average molecular weight is 446 g/mol. The zero-order valence-corrected chi connectivity index (χ0v) is 19.2. The fourth-order valence-electron chi connectivity index (χ4n) is 3.95. The Morgan fingerprint density at radius 3 is 2.12 bits per heavy atom. The highest BCUT2D eigenvalue weighted by atomic mass is 16.5. The van der Waals surface area contributed by atoms with Crippen LogP contribution in [0, 0.1) is 0 Å². The molecule has 34 heavy (non-hydrogen) atoms. The Morgan fingerprint density at radius 2 is 1.35 bits per heavy atom. The third kappa shape index (κ3) is 5.24. The lowest BCUT2D eigenvalue weighted by Crippen LogP contribution is -2.17. The minimum Gasteiger partial charge on any atom is -0.457 e. The highest BCUT2D eigenvalue weighted by Gasteiger charge is 2.12. The van der Waals surface area contributed by atoms with E-state index in [2.05, 4.69) is 48.6 Å². The van der Waals surface area contributed by atoms with E-state index in [1.807, 2.05) is 72.8 Å². The summed E-state index contributed by atoms with van der Waals surface area (Å²) in [5, 5.41) is 4.66. The predicted octanol–water partition coefficient (Wildman–Crippen LogP) is 7.52. The molecule has 1 aromatic heterocycles. The van der Waals surface area contributed by atoms with E-state index in [4.69, 9.17) is 14.7 Å². The molecule has 0 aliphatic carbocycles. The van der Waals surface area contributed by atoms with Crippen LogP contribution in [-0.4, -0.2) is 16.0 Å². The topological polar surface area (TPSA) is 47.0 Å². The van der Waals surface area contributed by atoms with Gasteiger partial charge in [-0.2, -0.15) is 0 Å². The number of benzene rings is 4. The first-order valence-corrected chi connectivity index (χ1v) is 11.7. The molecule has 168 valence electrons. The van der Waals surface area contributed by atoms with Crippen molar-refractivity contribution in [2.75, 3.05) is 5.32 Å². The zero-order chi connectivity index (χ0) is 23.2. The number of rotatable bonds is 8. The average Bonchev–Trinajstić information content (AvgIpc) is 2.89. The molecular weight excluding hydrogens is 418 g/mol. The van der Waals surface area contributed by atoms with Gasteiger partial charge in [0.05, 0.1) is 5.52 Å². The minimum atomic E-state index is 0.271. The standard InChI is InChI=1S/C30H27N3O/c1-22(16-17-23-10-4-2-5-11-23)31-30-27-14-8-9-15-28(27)32-29(33-30)24-18-20-26(21-19-24)34-25-12-6-3-7-13-25/h2-15,18-22H,16-17H2,1H3,(H,31,32,33)/t22-/m1/s1. The minimum absolute atomic E-state index is 0.271. The Labute approximate surface area is 200 Å². The second kappa shape index (κ2) is 10.2. The first-order chi connectivity index (χ1) is 16.7. The maximum atomic E-state index is 5.93. The number of hydrogen-bond acceptors (Lipinski definition) is 4. The van der Waals surface area contributed by atoms with Crippen LogP contribution < -0.4 is 10.1 Å². The first kappa shape index (κ1) is 21.7. The fraction of sp³-hybridized carbons (Fsp3) is 0.133. The van der Waals surface area contributed by atoms with E-state index in [1.54, 1.807) is 0 Å². The molecule has 0 bridgehead atoms. The van der Waals surface area contributed by atoms with E-state index in [-0.39, 0.29) is 6.04 Å². The van der Waals surface area contributed by atoms with Crippen molar-refractivity contribution in [3.05, 3.63) is 115 Å². The summed E-state index contributed by atoms with van der Waals surface area (Å²) in [6.45, 7) is 2.20. The van der Waals surface area contributed by atoms with Crippen LogP contribution in [0.4, 0.5) is 5.82 Å². The molecule has 0 fully saturated rings. The van der Waals surface area contributed by atoms with E-state index in [9.17, 15) is 0 Å². The van der Waals surface area contributed by atoms with Crippen molar-refractivity contribution < 1.29 is 4.74 Å². The number of aromatic nitrogens is 2. The van der Waals surface area contributed by atoms with Gasteiger partial charge in [-0.25, -0.2) is 9.97 Å². The fourth-order valence-corrected chi connectivity index (χ4v) is 3.95. The van der Waals surface area contributed by atoms with Crippen LogP contribution in [-0.2, 0) is 6.42 Å². The quantitative estimate of drug-likeness (QED) is 0.268. The Kier molecular flexibility index (Phi) is 6.48. The van der Waals surface area contributed by atoms with Crippen molar-refractivity contribution in [1.29, 1.82) is 0 Å². The molecule has 4 heteroatoms. The van der Waals surface area contributed by atoms with Gasteiger partial charge in [-0.05, 0) is 73.9 Å². The summed E-state index contributed by atoms with van der Waals surface area (Å²) in [4.78, 5) is 9.75. The van der Waals surface area contributed by atoms with E-state index in [0.29, 0.717) is 5.82 Å². The van der Waals surface area contributed by atoms with Gasteiger partial charge in [0.1, 0.15) is 17.3 Å². The number of nitrogens with zero attached hydrogens (tertiary/aromatic N) is 2. The normalized spacial score (nSPS) is 11.8. The Bertz CT molecular complexity index is 1350. The molecule has 0 spiro atoms. The van der Waals surface area contributed by atoms with Gasteiger partial charge < -0.3 is 10.1 Å². The van der Waals surface area contributed by atoms with Gasteiger partial charge in [0.15, 0.2) is 5.82 Å². The molecule has 5 aromatic rings. The summed E-state index contributed by atoms with van der Waals surface area (Å²) in [7, 11) is 0. The number of nitrogens with one attached hydrogen (secondary N) is 1. The molecule has 4 nitrogen and oxygen atoms in total. The third-order valence-electron chi connectivity index (χ3n) is 5.79. The zero-order valence-electron chi connectivity index (χ0n) is 19.2. The smallest absolute Gasteiger partial charge is 0.162 e. The van der Waals surface area contributed by atoms with Crippen LogP contribution in [0.1, 0.15) is 18.9 Å². The van der Waals surface area contributed by atoms with Crippen LogP contribution in [0.5, 0.6) is 11.5 Å². The lowest BCUT2D eigenvalue weighted by Gasteiger charge is -2.17. The van der Waals surface area contributed by atoms with Crippen LogP contribution >= 0.6 is 0 Å². The Balaban J connectivity index is 1.37. The summed E-state index contributed by atoms with van der Waals surface area (Å²) >= 11 is 0. The monoisotopic (exact) mass is 445 g/mol. The lowest BCUT2D eigenvalue weighted by molar-refractivity contribution is 0.483. The van der Waals surface area contributed by atoms with Crippen LogP contribution in [0.3, 0.4) is 0 Å². The van der Waals surface area contributed by atoms with Crippen molar-refractivity contribution in [3.63, 3.8) is 0 Å². The molecule has 0 aliphatic heterocycles. The van der Waals surface area contributed by atoms with Gasteiger partial charge >= 0.3 is 0 Å². The summed E-state index contributed by atoms with van der Waals surface area (Å²) in [5.74, 6) is 3.16. The van der Waals surface area contributed by atoms with Crippen molar-refractivity contribution in [2.24, 2.45) is 0 Å². The van der Waals surface area contributed by atoms with Crippen LogP contribution in [0.25, 0.3) is 22.3 Å². The van der Waals surface area contributed by atoms with Crippen molar-refractivity contribution in [2.45, 2.75) is 25.8 Å². The molecule has 5 rings (SSSR count). The number of anilines is 1. The molecule has 0 saturated carbocycles. The van der Waals surface area contributed by atoms with E-state index in [0.717, 1.165) is 46.6 Å². The summed E-state index contributed by atoms with van der Waals surface area (Å²) < 4.78 is 5.93. The van der Waals surface area contributed by atoms with Crippen molar-refractivity contribution >= 4 is 16.7 Å². The molecule has 1 atom stereocenters. The van der Waals surface area contributed by atoms with Crippen molar-refractivity contribution in [3.8, 4) is 22.9 Å². The molecule has 0 amide bonds. The van der Waals surface area contributed by atoms with Gasteiger partial charge in [-0.1, -0.05) is 60.7 Å². The molecule has 0 aliphatic rings. The lowest BCUT2D eigenvalue weighted by atomic mass is 10.1. The number of hydrogen-bond donors (Lipinski definition) is 1. The number of para-hydroxylation sites is 2. The van der Waals surface area contributed by atoms with Crippen LogP contribution in [0.15, 0.2) is 109 Å². The van der Waals surface area contributed by atoms with E-state index < -0.39 is 0 Å². The van der Waals surface area contributed by atoms with Crippen LogP contribution in [0.2, 0.25) is 0 Å². The second-order valence-corrected chi connectivity index (χ2v) is 8.42. The number of aryl methyl sites for hydroxylation is 1. The Hall–Kier alpha value is -4.18. The first-order valence-electron chi connectivity index (χ1n) is 11.7. The predicted molar refractivity (Wildman–Crippen MR) is 139 cm³/mol. The van der Waals surface area contributed by atoms with Gasteiger partial charge in [0, 0.05) is 17.0 Å². The SMILES string of the molecule is C[C@H](CCc1ccccc1)Nc1nc(-c2ccc(Oc3ccccc3)cc2)nc2ccccc12. The second-order valence-electron chi connectivity index (χ2n) is 8.42. The van der Waals surface area contributed by atoms with Gasteiger partial charge in [-0.15, -0.1) is 0 Å². The summed E-state index contributed by atoms with van der Waals surface area (Å²) in [6, 6.07) is 36.7. The summed E-state index contributed by atoms with van der Waals surface area (Å²) in [6.07, 6.45) is 2.04. The highest BCUT2D eigenvalue weighted by Crippen LogP contribution is 2.28. The molecule has 0 radical (unpaired) electrons. The molecule has 0 saturated heterocycles. The molecule has 4 aromatic carbocycles. The van der Waals surface area contributed by atoms with Gasteiger partial charge in [0.2, 0.25) is 0 Å². The van der Waals surface area contributed by atoms with E-state index in [1.165, 1.54) is 5.56 Å². The third-order valence-corrected chi connectivity index (χ3v) is 5.79. The highest BCUT2D eigenvalue weighted by molar-refractivity contribution is 5.90. The maximum absolute atomic E-state index is 5.93. The number of ether oxygens (including phenoxy) is 1.